The zero-order valence-electron chi connectivity index (χ0n) is 18.8. The maximum Gasteiger partial charge on any atom is 1.00 e. The molecule has 35 heavy (non-hydrogen) atoms. The predicted octanol–water partition coefficient (Wildman–Crippen LogP) is 1.32. The van der Waals surface area contributed by atoms with Crippen molar-refractivity contribution in [3.05, 3.63) is 93.5 Å². The van der Waals surface area contributed by atoms with Crippen LogP contribution >= 0.6 is 0 Å². The van der Waals surface area contributed by atoms with E-state index in [4.69, 9.17) is 15.1 Å². The monoisotopic (exact) mass is 491 g/mol. The summed E-state index contributed by atoms with van der Waals surface area (Å²) in [7, 11) is 0. The molecule has 0 bridgehead atoms. The average molecular weight is 492 g/mol. The number of hydrogen-bond donors (Lipinski definition) is 2. The van der Waals surface area contributed by atoms with E-state index in [2.05, 4.69) is 11.4 Å². The van der Waals surface area contributed by atoms with Gasteiger partial charge in [-0.2, -0.15) is 5.26 Å². The SMILES string of the molecule is N#Cc1cccc(-c2ccc(C3COc4cccc5c(O)c([N-]CC(=O)O)c(=O)n3c45)cc2)c1.[K+]. The van der Waals surface area contributed by atoms with Gasteiger partial charge in [0.1, 0.15) is 18.1 Å². The molecule has 8 nitrogen and oxygen atoms in total. The number of ether oxygens (including phenoxy) is 1. The second-order valence-electron chi connectivity index (χ2n) is 7.88. The third kappa shape index (κ3) is 4.59. The number of nitriles is 1. The number of aromatic nitrogens is 1. The fraction of sp³-hybridized carbons (Fsp3) is 0.115. The van der Waals surface area contributed by atoms with Gasteiger partial charge in [0, 0.05) is 5.39 Å². The van der Waals surface area contributed by atoms with Crippen LogP contribution in [0.2, 0.25) is 0 Å². The topological polar surface area (TPSA) is 127 Å². The Kier molecular flexibility index (Phi) is 7.30. The summed E-state index contributed by atoms with van der Waals surface area (Å²) >= 11 is 0. The molecule has 0 radical (unpaired) electrons. The average Bonchev–Trinajstić information content (AvgIpc) is 2.86. The molecule has 2 heterocycles. The first-order valence-electron chi connectivity index (χ1n) is 10.5. The molecule has 5 rings (SSSR count). The number of carbonyl (C=O) groups is 1. The summed E-state index contributed by atoms with van der Waals surface area (Å²) in [6.07, 6.45) is 0. The molecule has 0 spiro atoms. The van der Waals surface area contributed by atoms with E-state index in [1.807, 2.05) is 36.4 Å². The van der Waals surface area contributed by atoms with Crippen LogP contribution in [-0.4, -0.2) is 33.9 Å². The summed E-state index contributed by atoms with van der Waals surface area (Å²) in [6, 6.07) is 21.5. The molecule has 168 valence electrons. The molecule has 0 saturated heterocycles. The number of hydrogen-bond acceptors (Lipinski definition) is 5. The van der Waals surface area contributed by atoms with Gasteiger partial charge in [0.05, 0.1) is 23.2 Å². The molecular weight excluding hydrogens is 473 g/mol. The molecule has 3 aromatic carbocycles. The maximum atomic E-state index is 13.4. The Bertz CT molecular complexity index is 1540. The summed E-state index contributed by atoms with van der Waals surface area (Å²) in [5, 5.41) is 33.1. The molecule has 4 aromatic rings. The van der Waals surface area contributed by atoms with Crippen molar-refractivity contribution in [3.63, 3.8) is 0 Å². The fourth-order valence-electron chi connectivity index (χ4n) is 4.26. The van der Waals surface area contributed by atoms with E-state index in [-0.39, 0.29) is 69.4 Å². The summed E-state index contributed by atoms with van der Waals surface area (Å²) in [5.41, 5.74) is 2.73. The Morgan fingerprint density at radius 3 is 2.57 bits per heavy atom. The molecule has 0 aliphatic carbocycles. The number of aromatic hydroxyl groups is 1. The van der Waals surface area contributed by atoms with Gasteiger partial charge >= 0.3 is 51.4 Å². The number of pyridine rings is 1. The van der Waals surface area contributed by atoms with Crippen LogP contribution in [0.3, 0.4) is 0 Å². The molecule has 1 unspecified atom stereocenters. The van der Waals surface area contributed by atoms with E-state index in [0.717, 1.165) is 16.7 Å². The van der Waals surface area contributed by atoms with Crippen molar-refractivity contribution in [3.8, 4) is 28.7 Å². The number of carboxylic acids is 1. The zero-order chi connectivity index (χ0) is 23.8. The predicted molar refractivity (Wildman–Crippen MR) is 126 cm³/mol. The van der Waals surface area contributed by atoms with E-state index in [0.29, 0.717) is 22.2 Å². The summed E-state index contributed by atoms with van der Waals surface area (Å²) < 4.78 is 7.44. The van der Waals surface area contributed by atoms with Crippen molar-refractivity contribution >= 4 is 22.6 Å². The van der Waals surface area contributed by atoms with Gasteiger partial charge < -0.3 is 20.3 Å². The quantitative estimate of drug-likeness (QED) is 0.406. The number of aliphatic carboxylic acids is 1. The van der Waals surface area contributed by atoms with Crippen LogP contribution in [0.1, 0.15) is 17.2 Å². The molecule has 1 aromatic heterocycles. The molecular formula is C26H18KN3O5. The third-order valence-electron chi connectivity index (χ3n) is 5.84. The van der Waals surface area contributed by atoms with Gasteiger partial charge in [0.25, 0.3) is 5.97 Å². The van der Waals surface area contributed by atoms with Gasteiger partial charge in [-0.1, -0.05) is 42.5 Å². The van der Waals surface area contributed by atoms with Crippen molar-refractivity contribution in [2.45, 2.75) is 6.04 Å². The van der Waals surface area contributed by atoms with Crippen LogP contribution in [-0.2, 0) is 4.79 Å². The molecule has 1 aliphatic heterocycles. The zero-order valence-corrected chi connectivity index (χ0v) is 21.9. The van der Waals surface area contributed by atoms with Gasteiger partial charge in [-0.15, -0.1) is 0 Å². The van der Waals surface area contributed by atoms with Gasteiger partial charge in [-0.3, -0.25) is 14.2 Å². The third-order valence-corrected chi connectivity index (χ3v) is 5.84. The van der Waals surface area contributed by atoms with Gasteiger partial charge in [0.15, 0.2) is 0 Å². The first-order chi connectivity index (χ1) is 16.5. The number of rotatable bonds is 5. The molecule has 0 fully saturated rings. The Morgan fingerprint density at radius 2 is 1.86 bits per heavy atom. The number of carboxylic acid groups (broad SMARTS) is 1. The van der Waals surface area contributed by atoms with Crippen LogP contribution < -0.4 is 61.7 Å². The fourth-order valence-corrected chi connectivity index (χ4v) is 4.26. The number of nitrogens with zero attached hydrogens (tertiary/aromatic N) is 3. The normalized spacial score (nSPS) is 13.9. The van der Waals surface area contributed by atoms with E-state index >= 15 is 0 Å². The van der Waals surface area contributed by atoms with E-state index < -0.39 is 24.1 Å². The summed E-state index contributed by atoms with van der Waals surface area (Å²) in [4.78, 5) is 24.4. The first kappa shape index (κ1) is 25.0. The smallest absolute Gasteiger partial charge is 0.668 e. The largest absolute Gasteiger partial charge is 1.00 e. The molecule has 0 amide bonds. The molecule has 1 atom stereocenters. The van der Waals surface area contributed by atoms with E-state index in [1.54, 1.807) is 30.3 Å². The molecule has 9 heteroatoms. The van der Waals surface area contributed by atoms with E-state index in [9.17, 15) is 14.7 Å². The standard InChI is InChI=1S/C26H18N3O5.K/c27-12-15-3-1-4-18(11-15)16-7-9-17(10-8-16)20-14-34-21-6-2-5-19-24(21)29(20)26(33)23(25(19)32)28-13-22(30)31;/h1-11,20H,13-14H2,(H,30,31)(H,32,33);/q-1;+1. The van der Waals surface area contributed by atoms with Gasteiger partial charge in [-0.25, -0.2) is 0 Å². The minimum atomic E-state index is -1.21. The number of benzene rings is 3. The molecule has 1 aliphatic rings. The minimum absolute atomic E-state index is 0. The van der Waals surface area contributed by atoms with Crippen LogP contribution in [0.5, 0.6) is 11.5 Å². The van der Waals surface area contributed by atoms with Crippen LogP contribution in [0.15, 0.2) is 71.5 Å². The second-order valence-corrected chi connectivity index (χ2v) is 7.88. The molecule has 0 saturated carbocycles. The van der Waals surface area contributed by atoms with Gasteiger partial charge in [-0.05, 0) is 53.2 Å². The Hall–Kier alpha value is -3.13. The van der Waals surface area contributed by atoms with E-state index in [1.165, 1.54) is 4.57 Å². The Labute approximate surface area is 242 Å². The van der Waals surface area contributed by atoms with Gasteiger partial charge in [0.2, 0.25) is 5.56 Å². The molecule has 2 N–H and O–H groups in total. The van der Waals surface area contributed by atoms with Crippen LogP contribution in [0.25, 0.3) is 27.3 Å². The van der Waals surface area contributed by atoms with Crippen molar-refractivity contribution in [1.82, 2.24) is 4.57 Å². The van der Waals surface area contributed by atoms with Crippen LogP contribution in [0.4, 0.5) is 5.69 Å². The Morgan fingerprint density at radius 1 is 1.11 bits per heavy atom. The summed E-state index contributed by atoms with van der Waals surface area (Å²) in [6.45, 7) is -0.454. The number of para-hydroxylation sites is 1. The minimum Gasteiger partial charge on any atom is -0.668 e. The van der Waals surface area contributed by atoms with Crippen molar-refractivity contribution < 1.29 is 71.1 Å². The Balaban J connectivity index is 0.00000289. The van der Waals surface area contributed by atoms with Crippen LogP contribution in [0, 0.1) is 11.3 Å². The summed E-state index contributed by atoms with van der Waals surface area (Å²) in [5.74, 6) is -1.12. The second kappa shape index (κ2) is 10.2. The van der Waals surface area contributed by atoms with Crippen molar-refractivity contribution in [2.24, 2.45) is 0 Å². The maximum absolute atomic E-state index is 13.4. The first-order valence-corrected chi connectivity index (χ1v) is 10.5. The van der Waals surface area contributed by atoms with Crippen molar-refractivity contribution in [1.29, 1.82) is 5.26 Å². The van der Waals surface area contributed by atoms with Crippen molar-refractivity contribution in [2.75, 3.05) is 13.2 Å².